The summed E-state index contributed by atoms with van der Waals surface area (Å²) in [6.07, 6.45) is -4.51. The van der Waals surface area contributed by atoms with E-state index in [0.29, 0.717) is 11.1 Å². The number of aryl methyl sites for hydroxylation is 1. The van der Waals surface area contributed by atoms with Crippen LogP contribution in [0.3, 0.4) is 0 Å². The average molecular weight is 391 g/mol. The third-order valence-corrected chi connectivity index (χ3v) is 4.06. The Morgan fingerprint density at radius 3 is 2.64 bits per heavy atom. The van der Waals surface area contributed by atoms with Crippen LogP contribution in [0.25, 0.3) is 11.0 Å². The third-order valence-electron chi connectivity index (χ3n) is 4.06. The van der Waals surface area contributed by atoms with Crippen LogP contribution in [0.2, 0.25) is 0 Å². The number of carbonyl (C=O) groups is 2. The Kier molecular flexibility index (Phi) is 5.04. The number of amides is 2. The van der Waals surface area contributed by atoms with Crippen LogP contribution in [-0.4, -0.2) is 45.3 Å². The Labute approximate surface area is 157 Å². The lowest BCUT2D eigenvalue weighted by Gasteiger charge is -2.17. The third kappa shape index (κ3) is 4.11. The second-order valence-corrected chi connectivity index (χ2v) is 6.20. The van der Waals surface area contributed by atoms with Gasteiger partial charge in [0.25, 0.3) is 5.91 Å². The zero-order chi connectivity index (χ0) is 20.5. The minimum atomic E-state index is -4.51. The van der Waals surface area contributed by atoms with Gasteiger partial charge >= 0.3 is 6.18 Å². The van der Waals surface area contributed by atoms with E-state index in [1.807, 2.05) is 0 Å². The predicted octanol–water partition coefficient (Wildman–Crippen LogP) is 2.70. The van der Waals surface area contributed by atoms with E-state index in [4.69, 9.17) is 0 Å². The molecule has 1 N–H and O–H groups in total. The molecule has 0 aliphatic carbocycles. The van der Waals surface area contributed by atoms with Gasteiger partial charge in [0.2, 0.25) is 5.91 Å². The number of rotatable bonds is 4. The highest BCUT2D eigenvalue weighted by Crippen LogP contribution is 2.30. The predicted molar refractivity (Wildman–Crippen MR) is 95.5 cm³/mol. The Bertz CT molecular complexity index is 1050. The number of nitrogens with zero attached hydrogens (tertiary/aromatic N) is 4. The van der Waals surface area contributed by atoms with Gasteiger partial charge < -0.3 is 10.2 Å². The summed E-state index contributed by atoms with van der Waals surface area (Å²) < 4.78 is 39.8. The SMILES string of the molecule is CN(CC(=O)Nc1cccc(C(F)(F)F)c1)C(=O)c1ccc2c(c1)nnn2C. The molecule has 0 radical (unpaired) electrons. The zero-order valence-corrected chi connectivity index (χ0v) is 15.0. The zero-order valence-electron chi connectivity index (χ0n) is 15.0. The highest BCUT2D eigenvalue weighted by Gasteiger charge is 2.30. The number of likely N-dealkylation sites (N-methyl/N-ethyl adjacent to an activating group) is 1. The number of hydrogen-bond donors (Lipinski definition) is 1. The van der Waals surface area contributed by atoms with Gasteiger partial charge in [-0.1, -0.05) is 11.3 Å². The van der Waals surface area contributed by atoms with Crippen molar-refractivity contribution in [2.24, 2.45) is 7.05 Å². The minimum absolute atomic E-state index is 0.00153. The molecule has 2 amide bonds. The van der Waals surface area contributed by atoms with Crippen molar-refractivity contribution in [1.29, 1.82) is 0 Å². The number of alkyl halides is 3. The summed E-state index contributed by atoms with van der Waals surface area (Å²) in [6.45, 7) is -0.326. The molecule has 0 aliphatic rings. The fraction of sp³-hybridized carbons (Fsp3) is 0.222. The summed E-state index contributed by atoms with van der Waals surface area (Å²) in [7, 11) is 3.15. The van der Waals surface area contributed by atoms with Crippen molar-refractivity contribution in [2.45, 2.75) is 6.18 Å². The molecule has 3 rings (SSSR count). The van der Waals surface area contributed by atoms with E-state index in [1.165, 1.54) is 24.1 Å². The average Bonchev–Trinajstić information content (AvgIpc) is 3.01. The maximum Gasteiger partial charge on any atom is 0.416 e. The van der Waals surface area contributed by atoms with Gasteiger partial charge in [-0.05, 0) is 36.4 Å². The van der Waals surface area contributed by atoms with Gasteiger partial charge in [-0.2, -0.15) is 13.2 Å². The molecule has 2 aromatic carbocycles. The molecule has 0 fully saturated rings. The maximum absolute atomic E-state index is 12.7. The number of aromatic nitrogens is 3. The highest BCUT2D eigenvalue weighted by atomic mass is 19.4. The van der Waals surface area contributed by atoms with E-state index in [2.05, 4.69) is 15.6 Å². The fourth-order valence-electron chi connectivity index (χ4n) is 2.66. The highest BCUT2D eigenvalue weighted by molar-refractivity contribution is 6.00. The first kappa shape index (κ1) is 19.3. The Morgan fingerprint density at radius 1 is 1.18 bits per heavy atom. The molecular weight excluding hydrogens is 375 g/mol. The number of fused-ring (bicyclic) bond motifs is 1. The van der Waals surface area contributed by atoms with Crippen molar-refractivity contribution in [1.82, 2.24) is 19.9 Å². The van der Waals surface area contributed by atoms with Crippen LogP contribution >= 0.6 is 0 Å². The Balaban J connectivity index is 1.67. The monoisotopic (exact) mass is 391 g/mol. The lowest BCUT2D eigenvalue weighted by molar-refractivity contribution is -0.137. The first-order valence-corrected chi connectivity index (χ1v) is 8.17. The number of hydrogen-bond acceptors (Lipinski definition) is 4. The van der Waals surface area contributed by atoms with Crippen molar-refractivity contribution in [3.8, 4) is 0 Å². The molecular formula is C18H16F3N5O2. The number of nitrogens with one attached hydrogen (secondary N) is 1. The Hall–Kier alpha value is -3.43. The summed E-state index contributed by atoms with van der Waals surface area (Å²) >= 11 is 0. The van der Waals surface area contributed by atoms with Crippen molar-refractivity contribution in [3.05, 3.63) is 53.6 Å². The van der Waals surface area contributed by atoms with E-state index < -0.39 is 23.6 Å². The molecule has 28 heavy (non-hydrogen) atoms. The number of benzene rings is 2. The summed E-state index contributed by atoms with van der Waals surface area (Å²) in [5.74, 6) is -1.04. The molecule has 0 spiro atoms. The van der Waals surface area contributed by atoms with Crippen LogP contribution in [0.5, 0.6) is 0 Å². The molecule has 146 valence electrons. The molecule has 0 atom stereocenters. The second kappa shape index (κ2) is 7.29. The Morgan fingerprint density at radius 2 is 1.93 bits per heavy atom. The normalized spacial score (nSPS) is 11.5. The molecule has 3 aromatic rings. The van der Waals surface area contributed by atoms with Gasteiger partial charge in [0.15, 0.2) is 0 Å². The van der Waals surface area contributed by atoms with Crippen LogP contribution in [0.15, 0.2) is 42.5 Å². The topological polar surface area (TPSA) is 80.1 Å². The molecule has 0 bridgehead atoms. The van der Waals surface area contributed by atoms with Gasteiger partial charge in [0.05, 0.1) is 17.6 Å². The first-order chi connectivity index (χ1) is 13.1. The van der Waals surface area contributed by atoms with Crippen LogP contribution in [0.1, 0.15) is 15.9 Å². The van der Waals surface area contributed by atoms with Crippen molar-refractivity contribution in [2.75, 3.05) is 18.9 Å². The summed E-state index contributed by atoms with van der Waals surface area (Å²) in [5, 5.41) is 10.2. The second-order valence-electron chi connectivity index (χ2n) is 6.20. The smallest absolute Gasteiger partial charge is 0.332 e. The quantitative estimate of drug-likeness (QED) is 0.742. The maximum atomic E-state index is 12.7. The van der Waals surface area contributed by atoms with Gasteiger partial charge in [-0.3, -0.25) is 9.59 Å². The van der Waals surface area contributed by atoms with E-state index in [-0.39, 0.29) is 12.2 Å². The molecule has 0 unspecified atom stereocenters. The van der Waals surface area contributed by atoms with Gasteiger partial charge in [-0.25, -0.2) is 4.68 Å². The lowest BCUT2D eigenvalue weighted by Crippen LogP contribution is -2.35. The number of anilines is 1. The van der Waals surface area contributed by atoms with Gasteiger partial charge in [0.1, 0.15) is 5.52 Å². The van der Waals surface area contributed by atoms with Crippen LogP contribution in [0, 0.1) is 0 Å². The fourth-order valence-corrected chi connectivity index (χ4v) is 2.66. The van der Waals surface area contributed by atoms with Crippen LogP contribution < -0.4 is 5.32 Å². The van der Waals surface area contributed by atoms with E-state index in [1.54, 1.807) is 29.9 Å². The van der Waals surface area contributed by atoms with Gasteiger partial charge in [-0.15, -0.1) is 5.10 Å². The van der Waals surface area contributed by atoms with E-state index in [0.717, 1.165) is 17.6 Å². The molecule has 0 aliphatic heterocycles. The summed E-state index contributed by atoms with van der Waals surface area (Å²) in [4.78, 5) is 25.8. The lowest BCUT2D eigenvalue weighted by atomic mass is 10.1. The van der Waals surface area contributed by atoms with E-state index >= 15 is 0 Å². The number of carbonyl (C=O) groups excluding carboxylic acids is 2. The molecule has 10 heteroatoms. The van der Waals surface area contributed by atoms with Gasteiger partial charge in [0, 0.05) is 25.3 Å². The molecule has 7 nitrogen and oxygen atoms in total. The molecule has 0 saturated carbocycles. The molecule has 1 heterocycles. The molecule has 0 saturated heterocycles. The number of halogens is 3. The van der Waals surface area contributed by atoms with Crippen molar-refractivity contribution >= 4 is 28.5 Å². The van der Waals surface area contributed by atoms with E-state index in [9.17, 15) is 22.8 Å². The standard InChI is InChI=1S/C18H16F3N5O2/c1-25(17(28)11-6-7-15-14(8-11)23-24-26(15)2)10-16(27)22-13-5-3-4-12(9-13)18(19,20)21/h3-9H,10H2,1-2H3,(H,22,27). The largest absolute Gasteiger partial charge is 0.416 e. The molecule has 1 aromatic heterocycles. The van der Waals surface area contributed by atoms with Crippen molar-refractivity contribution in [3.63, 3.8) is 0 Å². The van der Waals surface area contributed by atoms with Crippen molar-refractivity contribution < 1.29 is 22.8 Å². The summed E-state index contributed by atoms with van der Waals surface area (Å²) in [5.41, 5.74) is 0.743. The van der Waals surface area contributed by atoms with Crippen LogP contribution in [0.4, 0.5) is 18.9 Å². The van der Waals surface area contributed by atoms with Crippen LogP contribution in [-0.2, 0) is 18.0 Å². The summed E-state index contributed by atoms with van der Waals surface area (Å²) in [6, 6.07) is 9.14. The first-order valence-electron chi connectivity index (χ1n) is 8.17. The minimum Gasteiger partial charge on any atom is -0.332 e.